The van der Waals surface area contributed by atoms with Gasteiger partial charge in [0.05, 0.1) is 0 Å². The molecule has 0 bridgehead atoms. The minimum absolute atomic E-state index is 0.0195. The van der Waals surface area contributed by atoms with E-state index in [1.807, 2.05) is 4.90 Å². The van der Waals surface area contributed by atoms with Gasteiger partial charge in [-0.05, 0) is 18.8 Å². The largest absolute Gasteiger partial charge is 0.340 e. The summed E-state index contributed by atoms with van der Waals surface area (Å²) in [6, 6.07) is -0.0195. The number of carbonyl (C=O) groups is 1. The third kappa shape index (κ3) is 3.81. The van der Waals surface area contributed by atoms with E-state index in [0.29, 0.717) is 18.4 Å². The molecule has 6 heteroatoms. The zero-order valence-electron chi connectivity index (χ0n) is 11.3. The lowest BCUT2D eigenvalue weighted by molar-refractivity contribution is 0.165. The number of urea groups is 1. The second-order valence-electron chi connectivity index (χ2n) is 4.86. The number of nitrogens with zero attached hydrogens (tertiary/aromatic N) is 3. The number of nitrogens with one attached hydrogen (secondary N) is 1. The number of rotatable bonds is 4. The second kappa shape index (κ2) is 6.36. The van der Waals surface area contributed by atoms with Crippen molar-refractivity contribution < 1.29 is 9.32 Å². The Balaban J connectivity index is 1.86. The fraction of sp³-hybridized carbons (Fsp3) is 0.615. The van der Waals surface area contributed by atoms with Gasteiger partial charge in [-0.15, -0.1) is 6.58 Å². The van der Waals surface area contributed by atoms with Crippen molar-refractivity contribution >= 4 is 6.03 Å². The first-order valence-electron chi connectivity index (χ1n) is 6.62. The number of hydrogen-bond donors (Lipinski definition) is 1. The standard InChI is InChI=1S/C13H20N4O2/c1-3-6-14-13(18)17-7-4-5-11(9-17)8-12-15-10(2)19-16-12/h3,11H,1,4-9H2,2H3,(H,14,18)/t11-/m0/s1. The van der Waals surface area contributed by atoms with E-state index in [2.05, 4.69) is 22.0 Å². The van der Waals surface area contributed by atoms with Crippen molar-refractivity contribution in [1.82, 2.24) is 20.4 Å². The van der Waals surface area contributed by atoms with Crippen LogP contribution in [0.5, 0.6) is 0 Å². The molecule has 19 heavy (non-hydrogen) atoms. The Bertz CT molecular complexity index is 444. The molecule has 0 saturated carbocycles. The molecule has 1 fully saturated rings. The molecule has 0 radical (unpaired) electrons. The molecule has 0 spiro atoms. The first-order chi connectivity index (χ1) is 9.19. The van der Waals surface area contributed by atoms with Crippen molar-refractivity contribution in [3.05, 3.63) is 24.4 Å². The number of carbonyl (C=O) groups excluding carboxylic acids is 1. The highest BCUT2D eigenvalue weighted by atomic mass is 16.5. The van der Waals surface area contributed by atoms with Crippen LogP contribution in [0.25, 0.3) is 0 Å². The molecule has 0 aliphatic carbocycles. The van der Waals surface area contributed by atoms with E-state index in [9.17, 15) is 4.79 Å². The highest BCUT2D eigenvalue weighted by Crippen LogP contribution is 2.19. The molecule has 0 aromatic carbocycles. The molecule has 1 aliphatic rings. The van der Waals surface area contributed by atoms with E-state index >= 15 is 0 Å². The summed E-state index contributed by atoms with van der Waals surface area (Å²) in [4.78, 5) is 17.9. The van der Waals surface area contributed by atoms with Gasteiger partial charge < -0.3 is 14.7 Å². The summed E-state index contributed by atoms with van der Waals surface area (Å²) in [6.45, 7) is 7.44. The average molecular weight is 264 g/mol. The number of amides is 2. The third-order valence-corrected chi connectivity index (χ3v) is 3.24. The van der Waals surface area contributed by atoms with Crippen molar-refractivity contribution in [3.63, 3.8) is 0 Å². The van der Waals surface area contributed by atoms with Gasteiger partial charge in [0.2, 0.25) is 5.89 Å². The SMILES string of the molecule is C=CCNC(=O)N1CCC[C@@H](Cc2noc(C)n2)C1. The lowest BCUT2D eigenvalue weighted by Crippen LogP contribution is -2.45. The molecule has 1 atom stereocenters. The lowest BCUT2D eigenvalue weighted by Gasteiger charge is -2.32. The highest BCUT2D eigenvalue weighted by Gasteiger charge is 2.24. The predicted molar refractivity (Wildman–Crippen MR) is 70.6 cm³/mol. The minimum Gasteiger partial charge on any atom is -0.340 e. The highest BCUT2D eigenvalue weighted by molar-refractivity contribution is 5.74. The Morgan fingerprint density at radius 3 is 3.21 bits per heavy atom. The van der Waals surface area contributed by atoms with Crippen molar-refractivity contribution in [2.75, 3.05) is 19.6 Å². The molecular formula is C13H20N4O2. The zero-order chi connectivity index (χ0) is 13.7. The molecule has 1 aromatic rings. The van der Waals surface area contributed by atoms with Gasteiger partial charge in [0.25, 0.3) is 0 Å². The van der Waals surface area contributed by atoms with Crippen LogP contribution in [0.4, 0.5) is 4.79 Å². The van der Waals surface area contributed by atoms with E-state index in [-0.39, 0.29) is 6.03 Å². The van der Waals surface area contributed by atoms with Crippen LogP contribution in [0, 0.1) is 12.8 Å². The summed E-state index contributed by atoms with van der Waals surface area (Å²) < 4.78 is 4.97. The van der Waals surface area contributed by atoms with Gasteiger partial charge >= 0.3 is 6.03 Å². The number of piperidine rings is 1. The van der Waals surface area contributed by atoms with Crippen molar-refractivity contribution in [2.45, 2.75) is 26.2 Å². The normalized spacial score (nSPS) is 19.2. The van der Waals surface area contributed by atoms with Crippen LogP contribution in [0.2, 0.25) is 0 Å². The molecule has 104 valence electrons. The Labute approximate surface area is 112 Å². The first-order valence-corrected chi connectivity index (χ1v) is 6.62. The molecule has 2 heterocycles. The smallest absolute Gasteiger partial charge is 0.317 e. The van der Waals surface area contributed by atoms with Gasteiger partial charge in [-0.3, -0.25) is 0 Å². The van der Waals surface area contributed by atoms with Crippen LogP contribution in [-0.4, -0.2) is 40.7 Å². The summed E-state index contributed by atoms with van der Waals surface area (Å²) in [6.07, 6.45) is 4.56. The van der Waals surface area contributed by atoms with Crippen molar-refractivity contribution in [1.29, 1.82) is 0 Å². The van der Waals surface area contributed by atoms with E-state index in [1.54, 1.807) is 13.0 Å². The van der Waals surface area contributed by atoms with Gasteiger partial charge in [0.15, 0.2) is 5.82 Å². The molecule has 2 rings (SSSR count). The maximum absolute atomic E-state index is 11.9. The van der Waals surface area contributed by atoms with Crippen LogP contribution in [0.1, 0.15) is 24.6 Å². The molecule has 6 nitrogen and oxygen atoms in total. The van der Waals surface area contributed by atoms with Crippen molar-refractivity contribution in [3.8, 4) is 0 Å². The summed E-state index contributed by atoms with van der Waals surface area (Å²) in [5, 5.41) is 6.72. The molecular weight excluding hydrogens is 244 g/mol. The number of aromatic nitrogens is 2. The maximum atomic E-state index is 11.9. The monoisotopic (exact) mass is 264 g/mol. The molecule has 0 unspecified atom stereocenters. The van der Waals surface area contributed by atoms with Crippen LogP contribution in [0.15, 0.2) is 17.2 Å². The summed E-state index contributed by atoms with van der Waals surface area (Å²) in [5.41, 5.74) is 0. The van der Waals surface area contributed by atoms with Crippen molar-refractivity contribution in [2.24, 2.45) is 5.92 Å². The van der Waals surface area contributed by atoms with Crippen LogP contribution in [-0.2, 0) is 6.42 Å². The van der Waals surface area contributed by atoms with Crippen LogP contribution < -0.4 is 5.32 Å². The van der Waals surface area contributed by atoms with Gasteiger partial charge in [0.1, 0.15) is 0 Å². The van der Waals surface area contributed by atoms with E-state index < -0.39 is 0 Å². The Kier molecular flexibility index (Phi) is 4.54. The quantitative estimate of drug-likeness (QED) is 0.837. The third-order valence-electron chi connectivity index (χ3n) is 3.24. The molecule has 1 aliphatic heterocycles. The van der Waals surface area contributed by atoms with E-state index in [1.165, 1.54) is 0 Å². The number of aryl methyl sites for hydroxylation is 1. The molecule has 2 amide bonds. The van der Waals surface area contributed by atoms with Gasteiger partial charge in [0, 0.05) is 33.0 Å². The minimum atomic E-state index is -0.0195. The molecule has 1 saturated heterocycles. The Morgan fingerprint density at radius 2 is 2.53 bits per heavy atom. The van der Waals surface area contributed by atoms with Gasteiger partial charge in [-0.1, -0.05) is 11.2 Å². The van der Waals surface area contributed by atoms with Gasteiger partial charge in [-0.2, -0.15) is 4.98 Å². The van der Waals surface area contributed by atoms with E-state index in [4.69, 9.17) is 4.52 Å². The Morgan fingerprint density at radius 1 is 1.68 bits per heavy atom. The van der Waals surface area contributed by atoms with Gasteiger partial charge in [-0.25, -0.2) is 4.79 Å². The average Bonchev–Trinajstić information content (AvgIpc) is 2.81. The number of hydrogen-bond acceptors (Lipinski definition) is 4. The Hall–Kier alpha value is -1.85. The van der Waals surface area contributed by atoms with E-state index in [0.717, 1.165) is 38.2 Å². The molecule has 1 aromatic heterocycles. The number of likely N-dealkylation sites (tertiary alicyclic amines) is 1. The molecule has 1 N–H and O–H groups in total. The summed E-state index contributed by atoms with van der Waals surface area (Å²) in [5.74, 6) is 1.72. The second-order valence-corrected chi connectivity index (χ2v) is 4.86. The lowest BCUT2D eigenvalue weighted by atomic mass is 9.95. The summed E-state index contributed by atoms with van der Waals surface area (Å²) in [7, 11) is 0. The predicted octanol–water partition coefficient (Wildman–Crippen LogP) is 1.53. The zero-order valence-corrected chi connectivity index (χ0v) is 11.3. The topological polar surface area (TPSA) is 71.3 Å². The van der Waals surface area contributed by atoms with Crippen LogP contribution in [0.3, 0.4) is 0 Å². The van der Waals surface area contributed by atoms with Crippen LogP contribution >= 0.6 is 0 Å². The fourth-order valence-corrected chi connectivity index (χ4v) is 2.37. The first kappa shape index (κ1) is 13.6. The maximum Gasteiger partial charge on any atom is 0.317 e. The summed E-state index contributed by atoms with van der Waals surface area (Å²) >= 11 is 0. The fourth-order valence-electron chi connectivity index (χ4n) is 2.37.